The van der Waals surface area contributed by atoms with Crippen molar-refractivity contribution in [3.05, 3.63) is 23.4 Å². The highest BCUT2D eigenvalue weighted by molar-refractivity contribution is 5.90. The second-order valence-electron chi connectivity index (χ2n) is 4.80. The number of H-pyrrole nitrogens is 1. The molecule has 1 aromatic heterocycles. The molecule has 0 saturated heterocycles. The molecule has 1 amide bonds. The van der Waals surface area contributed by atoms with Crippen molar-refractivity contribution in [2.24, 2.45) is 0 Å². The number of pyridine rings is 1. The van der Waals surface area contributed by atoms with Crippen LogP contribution in [0.1, 0.15) is 18.2 Å². The molecule has 0 aromatic carbocycles. The van der Waals surface area contributed by atoms with Crippen LogP contribution in [-0.2, 0) is 14.3 Å². The lowest BCUT2D eigenvalue weighted by molar-refractivity contribution is -0.372. The van der Waals surface area contributed by atoms with Crippen LogP contribution in [0.2, 0.25) is 0 Å². The normalized spacial score (nSPS) is 14.0. The van der Waals surface area contributed by atoms with E-state index >= 15 is 0 Å². The number of rotatable bonds is 4. The van der Waals surface area contributed by atoms with Gasteiger partial charge in [-0.25, -0.2) is 15.1 Å². The Morgan fingerprint density at radius 3 is 2.23 bits per heavy atom. The van der Waals surface area contributed by atoms with Crippen LogP contribution in [0.5, 0.6) is 0 Å². The van der Waals surface area contributed by atoms with Gasteiger partial charge in [-0.2, -0.15) is 13.2 Å². The topological polar surface area (TPSA) is 81.6 Å². The first kappa shape index (κ1) is 17.7. The molecule has 0 unspecified atom stereocenters. The smallest absolute Gasteiger partial charge is 0.464 e. The Morgan fingerprint density at radius 2 is 1.82 bits per heavy atom. The van der Waals surface area contributed by atoms with Gasteiger partial charge in [0.25, 0.3) is 5.82 Å². The molecule has 0 aliphatic rings. The lowest BCUT2D eigenvalue weighted by Gasteiger charge is -2.30. The molecule has 0 radical (unpaired) electrons. The van der Waals surface area contributed by atoms with Crippen molar-refractivity contribution in [3.63, 3.8) is 0 Å². The van der Waals surface area contributed by atoms with Crippen LogP contribution in [0.15, 0.2) is 12.1 Å². The van der Waals surface area contributed by atoms with E-state index in [1.807, 2.05) is 5.32 Å². The van der Waals surface area contributed by atoms with E-state index in [1.165, 1.54) is 6.07 Å². The maximum absolute atomic E-state index is 13.5. The fourth-order valence-corrected chi connectivity index (χ4v) is 1.97. The van der Waals surface area contributed by atoms with Crippen LogP contribution in [-0.4, -0.2) is 30.8 Å². The number of alkyl halides is 3. The largest absolute Gasteiger partial charge is 0.464 e. The summed E-state index contributed by atoms with van der Waals surface area (Å²) >= 11 is 0. The van der Waals surface area contributed by atoms with Gasteiger partial charge in [-0.1, -0.05) is 0 Å². The van der Waals surface area contributed by atoms with E-state index in [-0.39, 0.29) is 5.82 Å². The maximum atomic E-state index is 13.5. The summed E-state index contributed by atoms with van der Waals surface area (Å²) in [6.45, 7) is 4.19. The number of esters is 1. The van der Waals surface area contributed by atoms with Crippen molar-refractivity contribution in [2.75, 3.05) is 12.4 Å². The third-order valence-corrected chi connectivity index (χ3v) is 2.75. The van der Waals surface area contributed by atoms with Gasteiger partial charge < -0.3 is 4.74 Å². The first-order valence-corrected chi connectivity index (χ1v) is 6.24. The number of aromatic amines is 1. The average molecular weight is 320 g/mol. The number of carbonyl (C=O) groups excluding carboxylic acids is 2. The van der Waals surface area contributed by atoms with Crippen LogP contribution in [0.3, 0.4) is 0 Å². The number of aryl methyl sites for hydroxylation is 2. The first-order valence-electron chi connectivity index (χ1n) is 6.24. The summed E-state index contributed by atoms with van der Waals surface area (Å²) in [6.07, 6.45) is -5.13. The van der Waals surface area contributed by atoms with Gasteiger partial charge in [0.15, 0.2) is 0 Å². The Morgan fingerprint density at radius 1 is 1.23 bits per heavy atom. The van der Waals surface area contributed by atoms with Gasteiger partial charge >= 0.3 is 17.8 Å². The molecule has 1 aromatic rings. The molecule has 0 fully saturated rings. The first-order chi connectivity index (χ1) is 10.0. The van der Waals surface area contributed by atoms with Crippen LogP contribution >= 0.6 is 0 Å². The number of ether oxygens (including phenoxy) is 1. The quantitative estimate of drug-likeness (QED) is 0.643. The molecule has 9 heteroatoms. The molecular formula is C13H17F3N3O3+. The van der Waals surface area contributed by atoms with Crippen LogP contribution < -0.4 is 15.6 Å². The fraction of sp³-hybridized carbons (Fsp3) is 0.462. The van der Waals surface area contributed by atoms with Gasteiger partial charge in [-0.15, -0.1) is 0 Å². The van der Waals surface area contributed by atoms with Crippen molar-refractivity contribution >= 4 is 17.7 Å². The molecule has 0 bridgehead atoms. The molecule has 22 heavy (non-hydrogen) atoms. The lowest BCUT2D eigenvalue weighted by atomic mass is 10.1. The highest BCUT2D eigenvalue weighted by Crippen LogP contribution is 2.32. The molecular weight excluding hydrogens is 303 g/mol. The molecule has 1 atom stereocenters. The Balaban J connectivity index is 3.41. The second-order valence-corrected chi connectivity index (χ2v) is 4.80. The maximum Gasteiger partial charge on any atom is 0.464 e. The Hall–Kier alpha value is -2.32. The van der Waals surface area contributed by atoms with E-state index in [4.69, 9.17) is 0 Å². The van der Waals surface area contributed by atoms with Crippen molar-refractivity contribution in [3.8, 4) is 0 Å². The highest BCUT2D eigenvalue weighted by Gasteiger charge is 2.67. The van der Waals surface area contributed by atoms with E-state index in [1.54, 1.807) is 25.2 Å². The van der Waals surface area contributed by atoms with E-state index in [2.05, 4.69) is 9.72 Å². The van der Waals surface area contributed by atoms with Crippen molar-refractivity contribution in [1.82, 2.24) is 5.32 Å². The van der Waals surface area contributed by atoms with Gasteiger partial charge in [0.05, 0.1) is 12.8 Å². The van der Waals surface area contributed by atoms with Gasteiger partial charge in [0, 0.05) is 13.0 Å². The summed E-state index contributed by atoms with van der Waals surface area (Å²) in [5.41, 5.74) is -2.14. The highest BCUT2D eigenvalue weighted by atomic mass is 19.4. The minimum atomic E-state index is -5.13. The lowest BCUT2D eigenvalue weighted by Crippen LogP contribution is -2.69. The Kier molecular flexibility index (Phi) is 5.00. The minimum absolute atomic E-state index is 0.0889. The summed E-state index contributed by atoms with van der Waals surface area (Å²) in [5.74, 6) is -2.81. The zero-order valence-corrected chi connectivity index (χ0v) is 12.5. The summed E-state index contributed by atoms with van der Waals surface area (Å²) in [5, 5.41) is 3.61. The molecule has 6 nitrogen and oxygen atoms in total. The van der Waals surface area contributed by atoms with Gasteiger partial charge in [-0.05, 0) is 25.5 Å². The van der Waals surface area contributed by atoms with E-state index in [0.717, 1.165) is 14.0 Å². The standard InChI is InChI=1S/C13H16F3N3O3/c1-7-5-8(2)17-10(6-7)19-12(11(21)22-4,13(14,15)16)18-9(3)20/h5-6H,1-4H3,(H,17,19)(H,18,20)/p+1/t12-/m0/s1. The van der Waals surface area contributed by atoms with Crippen LogP contribution in [0, 0.1) is 13.8 Å². The summed E-state index contributed by atoms with van der Waals surface area (Å²) in [4.78, 5) is 25.6. The zero-order chi connectivity index (χ0) is 17.1. The van der Waals surface area contributed by atoms with Crippen molar-refractivity contribution in [1.29, 1.82) is 0 Å². The predicted octanol–water partition coefficient (Wildman–Crippen LogP) is 1.10. The van der Waals surface area contributed by atoms with Gasteiger partial charge in [0.2, 0.25) is 5.91 Å². The number of nitrogens with one attached hydrogen (secondary N) is 3. The summed E-state index contributed by atoms with van der Waals surface area (Å²) in [6, 6.07) is 3.08. The minimum Gasteiger partial charge on any atom is -0.464 e. The number of anilines is 1. The molecule has 1 rings (SSSR count). The van der Waals surface area contributed by atoms with E-state index in [9.17, 15) is 22.8 Å². The molecule has 0 spiro atoms. The SMILES string of the molecule is COC(=O)[C@](NC(C)=O)(Nc1cc(C)cc(C)[nH+]1)C(F)(F)F. The molecule has 1 heterocycles. The van der Waals surface area contributed by atoms with Gasteiger partial charge in [-0.3, -0.25) is 10.1 Å². The number of aromatic nitrogens is 1. The number of hydrogen-bond acceptors (Lipinski definition) is 4. The predicted molar refractivity (Wildman–Crippen MR) is 70.7 cm³/mol. The Labute approximate surface area is 125 Å². The van der Waals surface area contributed by atoms with Gasteiger partial charge in [0.1, 0.15) is 0 Å². The van der Waals surface area contributed by atoms with E-state index in [0.29, 0.717) is 11.3 Å². The number of hydrogen-bond donors (Lipinski definition) is 2. The number of methoxy groups -OCH3 is 1. The second kappa shape index (κ2) is 6.20. The summed E-state index contributed by atoms with van der Waals surface area (Å²) < 4.78 is 44.6. The fourth-order valence-electron chi connectivity index (χ4n) is 1.97. The van der Waals surface area contributed by atoms with Crippen LogP contribution in [0.4, 0.5) is 19.0 Å². The molecule has 0 aliphatic carbocycles. The molecule has 0 saturated carbocycles. The van der Waals surface area contributed by atoms with E-state index < -0.39 is 23.7 Å². The summed E-state index contributed by atoms with van der Waals surface area (Å²) in [7, 11) is 0.803. The molecule has 3 N–H and O–H groups in total. The van der Waals surface area contributed by atoms with Crippen molar-refractivity contribution < 1.29 is 32.5 Å². The monoisotopic (exact) mass is 320 g/mol. The molecule has 122 valence electrons. The zero-order valence-electron chi connectivity index (χ0n) is 12.5. The third kappa shape index (κ3) is 3.66. The van der Waals surface area contributed by atoms with Crippen molar-refractivity contribution in [2.45, 2.75) is 32.6 Å². The molecule has 0 aliphatic heterocycles. The Bertz CT molecular complexity index is 569. The number of amides is 1. The number of carbonyl (C=O) groups is 2. The number of halogens is 3. The average Bonchev–Trinajstić information content (AvgIpc) is 2.33. The van der Waals surface area contributed by atoms with Crippen LogP contribution in [0.25, 0.3) is 0 Å². The third-order valence-electron chi connectivity index (χ3n) is 2.75.